The lowest BCUT2D eigenvalue weighted by Gasteiger charge is -2.13. The molecule has 0 fully saturated rings. The Kier molecular flexibility index (Phi) is 5.99. The molecule has 0 bridgehead atoms. The molecule has 0 spiro atoms. The third-order valence-corrected chi connectivity index (χ3v) is 3.17. The van der Waals surface area contributed by atoms with Gasteiger partial charge in [-0.05, 0) is 32.3 Å². The van der Waals surface area contributed by atoms with Gasteiger partial charge in [0.1, 0.15) is 17.3 Å². The summed E-state index contributed by atoms with van der Waals surface area (Å²) < 4.78 is 10.6. The number of hydrogen-bond donors (Lipinski definition) is 2. The smallest absolute Gasteiger partial charge is 0.229 e. The maximum atomic E-state index is 5.34. The van der Waals surface area contributed by atoms with Crippen molar-refractivity contribution in [3.8, 4) is 11.5 Å². The van der Waals surface area contributed by atoms with Crippen LogP contribution in [-0.2, 0) is 0 Å². The van der Waals surface area contributed by atoms with Crippen molar-refractivity contribution in [2.45, 2.75) is 0 Å². The summed E-state index contributed by atoms with van der Waals surface area (Å²) in [7, 11) is 7.30. The van der Waals surface area contributed by atoms with Gasteiger partial charge in [-0.15, -0.1) is 0 Å². The summed E-state index contributed by atoms with van der Waals surface area (Å²) in [6, 6.07) is 7.35. The highest BCUT2D eigenvalue weighted by molar-refractivity contribution is 5.65. The molecule has 7 nitrogen and oxygen atoms in total. The molecule has 0 saturated heterocycles. The van der Waals surface area contributed by atoms with Gasteiger partial charge in [0, 0.05) is 25.4 Å². The van der Waals surface area contributed by atoms with E-state index in [1.54, 1.807) is 20.4 Å². The second-order valence-corrected chi connectivity index (χ2v) is 5.19. The zero-order chi connectivity index (χ0) is 16.7. The van der Waals surface area contributed by atoms with E-state index in [1.165, 1.54) is 0 Å². The Labute approximate surface area is 136 Å². The van der Waals surface area contributed by atoms with Crippen LogP contribution in [0.25, 0.3) is 0 Å². The molecule has 2 N–H and O–H groups in total. The number of nitrogens with one attached hydrogen (secondary N) is 2. The lowest BCUT2D eigenvalue weighted by molar-refractivity contribution is 0.405. The fourth-order valence-electron chi connectivity index (χ4n) is 1.96. The lowest BCUT2D eigenvalue weighted by Crippen LogP contribution is -2.21. The predicted octanol–water partition coefficient (Wildman–Crippen LogP) is 2.21. The van der Waals surface area contributed by atoms with E-state index in [0.29, 0.717) is 11.7 Å². The van der Waals surface area contributed by atoms with E-state index in [-0.39, 0.29) is 0 Å². The van der Waals surface area contributed by atoms with Crippen molar-refractivity contribution in [2.75, 3.05) is 52.0 Å². The number of anilines is 3. The van der Waals surface area contributed by atoms with Gasteiger partial charge in [-0.1, -0.05) is 0 Å². The molecule has 23 heavy (non-hydrogen) atoms. The van der Waals surface area contributed by atoms with Gasteiger partial charge in [0.15, 0.2) is 0 Å². The number of methoxy groups -OCH3 is 2. The fourth-order valence-corrected chi connectivity index (χ4v) is 1.96. The molecule has 0 atom stereocenters. The molecule has 0 aliphatic heterocycles. The summed E-state index contributed by atoms with van der Waals surface area (Å²) in [4.78, 5) is 10.8. The molecule has 0 unspecified atom stereocenters. The Balaban J connectivity index is 2.11. The van der Waals surface area contributed by atoms with Gasteiger partial charge < -0.3 is 25.0 Å². The standard InChI is InChI=1S/C16H23N5O2/c1-21(2)10-9-17-15-7-8-18-16(20-15)19-13-11-12(22-3)5-6-14(13)23-4/h5-8,11H,9-10H2,1-4H3,(H2,17,18,19,20). The van der Waals surface area contributed by atoms with Crippen molar-refractivity contribution in [3.63, 3.8) is 0 Å². The van der Waals surface area contributed by atoms with Crippen LogP contribution in [0, 0.1) is 0 Å². The average molecular weight is 317 g/mol. The van der Waals surface area contributed by atoms with Gasteiger partial charge in [-0.25, -0.2) is 4.98 Å². The summed E-state index contributed by atoms with van der Waals surface area (Å²) >= 11 is 0. The SMILES string of the molecule is COc1ccc(OC)c(Nc2nccc(NCCN(C)C)n2)c1. The van der Waals surface area contributed by atoms with Gasteiger partial charge in [0.25, 0.3) is 0 Å². The summed E-state index contributed by atoms with van der Waals surface area (Å²) in [5, 5.41) is 6.42. The zero-order valence-corrected chi connectivity index (χ0v) is 14.0. The number of hydrogen-bond acceptors (Lipinski definition) is 7. The van der Waals surface area contributed by atoms with Crippen LogP contribution >= 0.6 is 0 Å². The highest BCUT2D eigenvalue weighted by atomic mass is 16.5. The third kappa shape index (κ3) is 5.00. The first-order valence-corrected chi connectivity index (χ1v) is 7.33. The molecular formula is C16H23N5O2. The van der Waals surface area contributed by atoms with E-state index < -0.39 is 0 Å². The van der Waals surface area contributed by atoms with Crippen molar-refractivity contribution < 1.29 is 9.47 Å². The molecule has 1 heterocycles. The number of nitrogens with zero attached hydrogens (tertiary/aromatic N) is 3. The van der Waals surface area contributed by atoms with Crippen molar-refractivity contribution in [1.82, 2.24) is 14.9 Å². The molecule has 7 heteroatoms. The Hall–Kier alpha value is -2.54. The van der Waals surface area contributed by atoms with Crippen molar-refractivity contribution in [3.05, 3.63) is 30.5 Å². The van der Waals surface area contributed by atoms with E-state index in [2.05, 4.69) is 25.5 Å². The van der Waals surface area contributed by atoms with Gasteiger partial charge in [-0.3, -0.25) is 0 Å². The molecule has 0 radical (unpaired) electrons. The highest BCUT2D eigenvalue weighted by Crippen LogP contribution is 2.30. The maximum absolute atomic E-state index is 5.34. The first-order valence-electron chi connectivity index (χ1n) is 7.33. The summed E-state index contributed by atoms with van der Waals surface area (Å²) in [5.74, 6) is 2.69. The minimum Gasteiger partial charge on any atom is -0.497 e. The number of aromatic nitrogens is 2. The number of rotatable bonds is 8. The van der Waals surface area contributed by atoms with Crippen LogP contribution in [0.5, 0.6) is 11.5 Å². The number of ether oxygens (including phenoxy) is 2. The summed E-state index contributed by atoms with van der Waals surface area (Å²) in [6.45, 7) is 1.74. The van der Waals surface area contributed by atoms with Crippen LogP contribution in [-0.4, -0.2) is 56.3 Å². The quantitative estimate of drug-likeness (QED) is 0.773. The predicted molar refractivity (Wildman–Crippen MR) is 91.9 cm³/mol. The van der Waals surface area contributed by atoms with Crippen LogP contribution in [0.3, 0.4) is 0 Å². The largest absolute Gasteiger partial charge is 0.497 e. The Morgan fingerprint density at radius 3 is 2.65 bits per heavy atom. The highest BCUT2D eigenvalue weighted by Gasteiger charge is 2.07. The Morgan fingerprint density at radius 1 is 1.13 bits per heavy atom. The second kappa shape index (κ2) is 8.19. The first-order chi connectivity index (χ1) is 11.1. The first kappa shape index (κ1) is 16.8. The number of benzene rings is 1. The van der Waals surface area contributed by atoms with Gasteiger partial charge >= 0.3 is 0 Å². The molecule has 0 saturated carbocycles. The normalized spacial score (nSPS) is 10.5. The Bertz CT molecular complexity index is 634. The zero-order valence-electron chi connectivity index (χ0n) is 14.0. The monoisotopic (exact) mass is 317 g/mol. The van der Waals surface area contributed by atoms with Gasteiger partial charge in [0.2, 0.25) is 5.95 Å². The van der Waals surface area contributed by atoms with E-state index in [4.69, 9.17) is 9.47 Å². The molecule has 0 aliphatic rings. The summed E-state index contributed by atoms with van der Waals surface area (Å²) in [6.07, 6.45) is 1.71. The average Bonchev–Trinajstić information content (AvgIpc) is 2.55. The fraction of sp³-hybridized carbons (Fsp3) is 0.375. The minimum absolute atomic E-state index is 0.492. The van der Waals surface area contributed by atoms with E-state index >= 15 is 0 Å². The summed E-state index contributed by atoms with van der Waals surface area (Å²) in [5.41, 5.74) is 0.747. The van der Waals surface area contributed by atoms with Crippen molar-refractivity contribution in [1.29, 1.82) is 0 Å². The van der Waals surface area contributed by atoms with E-state index in [1.807, 2.05) is 38.4 Å². The molecule has 2 aromatic rings. The van der Waals surface area contributed by atoms with Crippen LogP contribution in [0.2, 0.25) is 0 Å². The Morgan fingerprint density at radius 2 is 1.96 bits per heavy atom. The van der Waals surface area contributed by atoms with E-state index in [0.717, 1.165) is 30.3 Å². The molecule has 124 valence electrons. The van der Waals surface area contributed by atoms with Crippen LogP contribution < -0.4 is 20.1 Å². The van der Waals surface area contributed by atoms with Crippen LogP contribution in [0.1, 0.15) is 0 Å². The van der Waals surface area contributed by atoms with Crippen molar-refractivity contribution >= 4 is 17.5 Å². The molecular weight excluding hydrogens is 294 g/mol. The van der Waals surface area contributed by atoms with Gasteiger partial charge in [0.05, 0.1) is 19.9 Å². The second-order valence-electron chi connectivity index (χ2n) is 5.19. The molecule has 2 rings (SSSR count). The molecule has 1 aromatic carbocycles. The minimum atomic E-state index is 0.492. The topological polar surface area (TPSA) is 71.5 Å². The molecule has 1 aromatic heterocycles. The third-order valence-electron chi connectivity index (χ3n) is 3.17. The van der Waals surface area contributed by atoms with Crippen molar-refractivity contribution in [2.24, 2.45) is 0 Å². The number of likely N-dealkylation sites (N-methyl/N-ethyl adjacent to an activating group) is 1. The van der Waals surface area contributed by atoms with Crippen LogP contribution in [0.15, 0.2) is 30.5 Å². The lowest BCUT2D eigenvalue weighted by atomic mass is 10.2. The van der Waals surface area contributed by atoms with Gasteiger partial charge in [-0.2, -0.15) is 4.98 Å². The maximum Gasteiger partial charge on any atom is 0.229 e. The van der Waals surface area contributed by atoms with Crippen LogP contribution in [0.4, 0.5) is 17.5 Å². The van der Waals surface area contributed by atoms with E-state index in [9.17, 15) is 0 Å². The molecule has 0 amide bonds. The molecule has 0 aliphatic carbocycles.